The molecule has 0 aromatic heterocycles. The van der Waals surface area contributed by atoms with Gasteiger partial charge in [-0.3, -0.25) is 9.69 Å². The number of carbonyl (C=O) groups is 1. The number of aryl methyl sites for hydroxylation is 1. The Bertz CT molecular complexity index is 1270. The van der Waals surface area contributed by atoms with Crippen LogP contribution in [0.5, 0.6) is 11.5 Å². The van der Waals surface area contributed by atoms with E-state index in [1.165, 1.54) is 42.4 Å². The summed E-state index contributed by atoms with van der Waals surface area (Å²) in [4.78, 5) is 14.9. The van der Waals surface area contributed by atoms with Crippen molar-refractivity contribution in [3.05, 3.63) is 71.2 Å². The number of rotatable bonds is 13. The molecular weight excluding hydrogens is 508 g/mol. The van der Waals surface area contributed by atoms with Crippen LogP contribution in [0.4, 0.5) is 0 Å². The summed E-state index contributed by atoms with van der Waals surface area (Å²) in [7, 11) is -2.41. The third-order valence-electron chi connectivity index (χ3n) is 5.71. The van der Waals surface area contributed by atoms with Gasteiger partial charge in [0.2, 0.25) is 0 Å². The van der Waals surface area contributed by atoms with Crippen molar-refractivity contribution in [2.24, 2.45) is 4.40 Å². The van der Waals surface area contributed by atoms with Gasteiger partial charge < -0.3 is 9.47 Å². The van der Waals surface area contributed by atoms with Gasteiger partial charge in [-0.05, 0) is 61.0 Å². The zero-order chi connectivity index (χ0) is 26.8. The second-order valence-corrected chi connectivity index (χ2v) is 11.3. The van der Waals surface area contributed by atoms with Gasteiger partial charge in [0.05, 0.1) is 23.5 Å². The molecular formula is C28H34N2O5S2. The van der Waals surface area contributed by atoms with Crippen molar-refractivity contribution < 1.29 is 22.7 Å². The monoisotopic (exact) mass is 542 g/mol. The summed E-state index contributed by atoms with van der Waals surface area (Å²) >= 11 is 1.02. The molecule has 0 radical (unpaired) electrons. The van der Waals surface area contributed by atoms with E-state index < -0.39 is 10.0 Å². The van der Waals surface area contributed by atoms with Crippen molar-refractivity contribution in [3.8, 4) is 11.5 Å². The lowest BCUT2D eigenvalue weighted by atomic mass is 10.1. The fraction of sp³-hybridized carbons (Fsp3) is 0.357. The largest absolute Gasteiger partial charge is 0.493 e. The maximum absolute atomic E-state index is 13.1. The fourth-order valence-corrected chi connectivity index (χ4v) is 5.86. The molecule has 0 N–H and O–H groups in total. The van der Waals surface area contributed by atoms with Crippen LogP contribution in [0.1, 0.15) is 50.2 Å². The zero-order valence-corrected chi connectivity index (χ0v) is 23.2. The summed E-state index contributed by atoms with van der Waals surface area (Å²) in [6.07, 6.45) is 8.90. The number of methoxy groups -OCH3 is 1. The van der Waals surface area contributed by atoms with Crippen LogP contribution in [0.2, 0.25) is 0 Å². The minimum absolute atomic E-state index is 0.0706. The summed E-state index contributed by atoms with van der Waals surface area (Å²) in [6, 6.07) is 11.9. The van der Waals surface area contributed by atoms with Crippen LogP contribution in [0.15, 0.2) is 69.3 Å². The van der Waals surface area contributed by atoms with Gasteiger partial charge >= 0.3 is 0 Å². The molecule has 0 aliphatic carbocycles. The van der Waals surface area contributed by atoms with Gasteiger partial charge in [-0.15, -0.1) is 11.0 Å². The third-order valence-corrected chi connectivity index (χ3v) is 8.11. The predicted octanol–water partition coefficient (Wildman–Crippen LogP) is 6.20. The number of sulfonamides is 1. The van der Waals surface area contributed by atoms with E-state index in [4.69, 9.17) is 9.47 Å². The Hall–Kier alpha value is -3.04. The van der Waals surface area contributed by atoms with E-state index in [0.717, 1.165) is 35.7 Å². The Balaban J connectivity index is 1.84. The number of ether oxygens (including phenoxy) is 2. The van der Waals surface area contributed by atoms with E-state index in [1.54, 1.807) is 31.4 Å². The molecule has 198 valence electrons. The molecule has 1 aliphatic rings. The molecule has 0 atom stereocenters. The van der Waals surface area contributed by atoms with Crippen LogP contribution in [0, 0.1) is 6.92 Å². The Morgan fingerprint density at radius 2 is 1.78 bits per heavy atom. The highest BCUT2D eigenvalue weighted by molar-refractivity contribution is 8.19. The lowest BCUT2D eigenvalue weighted by Gasteiger charge is -2.12. The summed E-state index contributed by atoms with van der Waals surface area (Å²) < 4.78 is 41.2. The van der Waals surface area contributed by atoms with Gasteiger partial charge in [0.25, 0.3) is 15.9 Å². The Labute approximate surface area is 224 Å². The Morgan fingerprint density at radius 1 is 1.05 bits per heavy atom. The molecule has 0 saturated carbocycles. The zero-order valence-electron chi connectivity index (χ0n) is 21.6. The van der Waals surface area contributed by atoms with Gasteiger partial charge in [0, 0.05) is 6.54 Å². The number of unbranched alkanes of at least 4 members (excludes halogenated alkanes) is 4. The number of hydrogen-bond acceptors (Lipinski definition) is 6. The summed E-state index contributed by atoms with van der Waals surface area (Å²) in [5.41, 5.74) is 1.67. The summed E-state index contributed by atoms with van der Waals surface area (Å²) in [5.74, 6) is 0.874. The van der Waals surface area contributed by atoms with Crippen molar-refractivity contribution in [2.45, 2.75) is 50.8 Å². The maximum Gasteiger partial charge on any atom is 0.284 e. The van der Waals surface area contributed by atoms with Crippen LogP contribution in [-0.2, 0) is 14.8 Å². The fourth-order valence-electron chi connectivity index (χ4n) is 3.67. The molecule has 2 aromatic carbocycles. The van der Waals surface area contributed by atoms with Crippen molar-refractivity contribution in [2.75, 3.05) is 20.3 Å². The van der Waals surface area contributed by atoms with Crippen molar-refractivity contribution >= 4 is 38.9 Å². The molecule has 1 amide bonds. The van der Waals surface area contributed by atoms with E-state index >= 15 is 0 Å². The minimum Gasteiger partial charge on any atom is -0.493 e. The van der Waals surface area contributed by atoms with Crippen molar-refractivity contribution in [1.29, 1.82) is 0 Å². The van der Waals surface area contributed by atoms with Gasteiger partial charge in [0.15, 0.2) is 16.7 Å². The molecule has 37 heavy (non-hydrogen) atoms. The second-order valence-electron chi connectivity index (χ2n) is 8.65. The average molecular weight is 543 g/mol. The van der Waals surface area contributed by atoms with Gasteiger partial charge in [-0.2, -0.15) is 8.42 Å². The second kappa shape index (κ2) is 13.5. The number of benzene rings is 2. The highest BCUT2D eigenvalue weighted by Crippen LogP contribution is 2.35. The Morgan fingerprint density at radius 3 is 2.46 bits per heavy atom. The predicted molar refractivity (Wildman–Crippen MR) is 151 cm³/mol. The molecule has 2 aromatic rings. The summed E-state index contributed by atoms with van der Waals surface area (Å²) in [6.45, 7) is 8.47. The maximum atomic E-state index is 13.1. The molecule has 0 unspecified atom stereocenters. The third kappa shape index (κ3) is 7.72. The van der Waals surface area contributed by atoms with Crippen LogP contribution in [0.25, 0.3) is 6.08 Å². The Kier molecular flexibility index (Phi) is 10.4. The lowest BCUT2D eigenvalue weighted by Crippen LogP contribution is -2.29. The first-order chi connectivity index (χ1) is 17.8. The molecule has 0 bridgehead atoms. The van der Waals surface area contributed by atoms with E-state index in [9.17, 15) is 13.2 Å². The van der Waals surface area contributed by atoms with E-state index in [0.29, 0.717) is 23.0 Å². The van der Waals surface area contributed by atoms with Crippen molar-refractivity contribution in [3.63, 3.8) is 0 Å². The van der Waals surface area contributed by atoms with Crippen LogP contribution < -0.4 is 9.47 Å². The van der Waals surface area contributed by atoms with Gasteiger partial charge in [0.1, 0.15) is 0 Å². The number of thioether (sulfide) groups is 1. The number of amides is 1. The standard InChI is InChI=1S/C28H34N2O5S2/c1-5-7-8-9-10-18-35-25-19-22(13-16-24(25)34-4)20-26-27(31)30(17-6-2)28(36-26)29-37(32,33)23-14-11-21(3)12-15-23/h6,11-16,19-20H,2,5,7-10,17-18H2,1,3-4H3. The quantitative estimate of drug-likeness (QED) is 0.170. The number of amidine groups is 1. The molecule has 1 aliphatic heterocycles. The van der Waals surface area contributed by atoms with E-state index in [-0.39, 0.29) is 22.5 Å². The molecule has 1 fully saturated rings. The molecule has 7 nitrogen and oxygen atoms in total. The molecule has 1 saturated heterocycles. The van der Waals surface area contributed by atoms with Crippen LogP contribution in [0.3, 0.4) is 0 Å². The topological polar surface area (TPSA) is 85.3 Å². The summed E-state index contributed by atoms with van der Waals surface area (Å²) in [5, 5.41) is 0.0915. The van der Waals surface area contributed by atoms with Crippen LogP contribution >= 0.6 is 11.8 Å². The first kappa shape index (κ1) is 28.5. The van der Waals surface area contributed by atoms with Gasteiger partial charge in [-0.1, -0.05) is 62.4 Å². The molecule has 9 heteroatoms. The highest BCUT2D eigenvalue weighted by Gasteiger charge is 2.34. The number of hydrogen-bond donors (Lipinski definition) is 0. The molecule has 3 rings (SSSR count). The number of nitrogens with zero attached hydrogens (tertiary/aromatic N) is 2. The average Bonchev–Trinajstić information content (AvgIpc) is 3.15. The van der Waals surface area contributed by atoms with E-state index in [2.05, 4.69) is 17.9 Å². The van der Waals surface area contributed by atoms with Gasteiger partial charge in [-0.25, -0.2) is 0 Å². The lowest BCUT2D eigenvalue weighted by molar-refractivity contribution is -0.121. The molecule has 1 heterocycles. The first-order valence-corrected chi connectivity index (χ1v) is 14.6. The minimum atomic E-state index is -3.99. The highest BCUT2D eigenvalue weighted by atomic mass is 32.2. The van der Waals surface area contributed by atoms with Crippen LogP contribution in [-0.4, -0.2) is 44.7 Å². The molecule has 0 spiro atoms. The van der Waals surface area contributed by atoms with Crippen molar-refractivity contribution in [1.82, 2.24) is 4.90 Å². The smallest absolute Gasteiger partial charge is 0.284 e. The first-order valence-electron chi connectivity index (χ1n) is 12.3. The SMILES string of the molecule is C=CCN1C(=O)C(=Cc2ccc(OC)c(OCCCCCCC)c2)SC1=NS(=O)(=O)c1ccc(C)cc1. The van der Waals surface area contributed by atoms with E-state index in [1.807, 2.05) is 19.1 Å². The normalized spacial score (nSPS) is 16.0. The number of carbonyl (C=O) groups excluding carboxylic acids is 1.